The Morgan fingerprint density at radius 2 is 0.670 bits per heavy atom. The lowest BCUT2D eigenvalue weighted by molar-refractivity contribution is -0.870. The molecule has 1 amide bonds. The molecule has 0 aliphatic rings. The summed E-state index contributed by atoms with van der Waals surface area (Å²) in [5.74, 6) is -0.540. The first kappa shape index (κ1) is 87.9. The van der Waals surface area contributed by atoms with Crippen LogP contribution < -0.4 is 10.2 Å². The van der Waals surface area contributed by atoms with Crippen LogP contribution in [0.25, 0.3) is 0 Å². The molecular formula is C81H147N2O7P. The number of nitrogens with one attached hydrogen (secondary N) is 1. The molecule has 0 aromatic rings. The molecule has 3 atom stereocenters. The van der Waals surface area contributed by atoms with E-state index in [1.807, 2.05) is 33.3 Å². The van der Waals surface area contributed by atoms with Crippen molar-refractivity contribution in [2.75, 3.05) is 40.9 Å². The number of likely N-dealkylation sites (N-methyl/N-ethyl adjacent to an activating group) is 1. The minimum absolute atomic E-state index is 0.0263. The van der Waals surface area contributed by atoms with E-state index in [2.05, 4.69) is 111 Å². The summed E-state index contributed by atoms with van der Waals surface area (Å²) in [7, 11) is 1.18. The highest BCUT2D eigenvalue weighted by atomic mass is 31.2. The fraction of sp³-hybridized carbons (Fsp3) is 0.778. The lowest BCUT2D eigenvalue weighted by atomic mass is 10.0. The third-order valence-electron chi connectivity index (χ3n) is 17.0. The summed E-state index contributed by atoms with van der Waals surface area (Å²) in [5.41, 5.74) is 0. The third-order valence-corrected chi connectivity index (χ3v) is 18.0. The van der Waals surface area contributed by atoms with Crippen molar-refractivity contribution >= 4 is 19.7 Å². The van der Waals surface area contributed by atoms with Crippen LogP contribution in [0.3, 0.4) is 0 Å². The van der Waals surface area contributed by atoms with Gasteiger partial charge in [0.2, 0.25) is 5.91 Å². The fourth-order valence-electron chi connectivity index (χ4n) is 11.0. The maximum absolute atomic E-state index is 13.6. The first-order chi connectivity index (χ1) is 44.4. The topological polar surface area (TPSA) is 114 Å². The number of carbonyl (C=O) groups excluding carboxylic acids is 2. The normalized spacial score (nSPS) is 14.0. The van der Waals surface area contributed by atoms with Crippen LogP contribution in [-0.2, 0) is 27.9 Å². The summed E-state index contributed by atoms with van der Waals surface area (Å²) < 4.78 is 30.5. The number of hydrogen-bond acceptors (Lipinski definition) is 7. The van der Waals surface area contributed by atoms with E-state index in [1.54, 1.807) is 0 Å². The van der Waals surface area contributed by atoms with Crippen molar-refractivity contribution < 1.29 is 37.3 Å². The minimum atomic E-state index is -4.72. The van der Waals surface area contributed by atoms with Gasteiger partial charge in [-0.25, -0.2) is 0 Å². The van der Waals surface area contributed by atoms with Gasteiger partial charge in [-0.1, -0.05) is 324 Å². The molecule has 3 unspecified atom stereocenters. The SMILES string of the molecule is CCCCC/C=C\C/C=C\C/C=C\C/C=C\CCCCCCCCCCCC(=O)NC(COP(=O)([O-])OCC[N+](C)(C)C)C(/C=C/CCCCCCCCCCCCC)OC(=O)CCCCCCCCCCCCCCCC/C=C\C/C=C\C/C=C\CCCCC. The monoisotopic (exact) mass is 1290 g/mol. The molecule has 10 heteroatoms. The van der Waals surface area contributed by atoms with Crippen LogP contribution in [0.4, 0.5) is 0 Å². The zero-order valence-corrected chi connectivity index (χ0v) is 61.4. The number of quaternary nitrogens is 1. The van der Waals surface area contributed by atoms with Gasteiger partial charge in [-0.3, -0.25) is 14.2 Å². The Balaban J connectivity index is 5.03. The number of allylic oxidation sites excluding steroid dienone is 15. The van der Waals surface area contributed by atoms with E-state index >= 15 is 0 Å². The standard InChI is InChI=1S/C81H147N2O7P/c1-7-10-13-16-19-22-25-28-30-32-34-36-38-40-41-43-45-47-49-51-53-56-59-62-65-68-71-74-81(85)90-79(72-69-66-63-60-57-54-27-24-21-18-15-12-9-3)78(77-89-91(86,87)88-76-75-83(4,5)6)82-80(84)73-70-67-64-61-58-55-52-50-48-46-44-42-39-37-35-33-31-29-26-23-20-17-14-11-8-2/h19-20,22-23,28-31,34-37,42,44,69,72,78-79H,7-18,21,24-27,32-33,38-41,43,45-68,70-71,73-77H2,1-6H3,(H-,82,84,86,87)/b22-19-,23-20-,30-28-,31-29-,36-34-,37-35-,44-42-,72-69+. The highest BCUT2D eigenvalue weighted by molar-refractivity contribution is 7.45. The van der Waals surface area contributed by atoms with Crippen LogP contribution in [-0.4, -0.2) is 69.4 Å². The number of phosphoric ester groups is 1. The van der Waals surface area contributed by atoms with Gasteiger partial charge < -0.3 is 28.5 Å². The van der Waals surface area contributed by atoms with Crippen molar-refractivity contribution in [1.82, 2.24) is 5.32 Å². The second kappa shape index (κ2) is 69.8. The molecule has 528 valence electrons. The second-order valence-corrected chi connectivity index (χ2v) is 28.6. The zero-order valence-electron chi connectivity index (χ0n) is 60.5. The highest BCUT2D eigenvalue weighted by Gasteiger charge is 2.27. The van der Waals surface area contributed by atoms with E-state index in [0.29, 0.717) is 17.4 Å². The molecule has 0 heterocycles. The van der Waals surface area contributed by atoms with E-state index < -0.39 is 26.6 Å². The predicted octanol–water partition coefficient (Wildman–Crippen LogP) is 24.4. The largest absolute Gasteiger partial charge is 0.756 e. The summed E-state index contributed by atoms with van der Waals surface area (Å²) in [6.45, 7) is 6.82. The van der Waals surface area contributed by atoms with Gasteiger partial charge in [0.05, 0.1) is 33.8 Å². The zero-order chi connectivity index (χ0) is 66.3. The molecule has 91 heavy (non-hydrogen) atoms. The van der Waals surface area contributed by atoms with Crippen LogP contribution in [0.1, 0.15) is 355 Å². The Kier molecular flexibility index (Phi) is 67.4. The lowest BCUT2D eigenvalue weighted by Crippen LogP contribution is -2.47. The number of phosphoric acid groups is 1. The lowest BCUT2D eigenvalue weighted by Gasteiger charge is -2.30. The highest BCUT2D eigenvalue weighted by Crippen LogP contribution is 2.38. The number of amides is 1. The molecule has 9 nitrogen and oxygen atoms in total. The van der Waals surface area contributed by atoms with Gasteiger partial charge >= 0.3 is 5.97 Å². The molecule has 0 saturated carbocycles. The summed E-state index contributed by atoms with van der Waals surface area (Å²) in [4.78, 5) is 40.3. The van der Waals surface area contributed by atoms with Crippen LogP contribution in [0.5, 0.6) is 0 Å². The van der Waals surface area contributed by atoms with Gasteiger partial charge in [-0.15, -0.1) is 0 Å². The summed E-state index contributed by atoms with van der Waals surface area (Å²) in [6, 6.07) is -0.898. The Labute approximate surface area is 564 Å². The smallest absolute Gasteiger partial charge is 0.306 e. The molecule has 0 spiro atoms. The van der Waals surface area contributed by atoms with Gasteiger partial charge in [-0.05, 0) is 115 Å². The molecule has 0 radical (unpaired) electrons. The van der Waals surface area contributed by atoms with Crippen molar-refractivity contribution in [3.63, 3.8) is 0 Å². The van der Waals surface area contributed by atoms with Gasteiger partial charge in [-0.2, -0.15) is 0 Å². The Morgan fingerprint density at radius 1 is 0.385 bits per heavy atom. The number of rotatable bonds is 70. The predicted molar refractivity (Wildman–Crippen MR) is 394 cm³/mol. The van der Waals surface area contributed by atoms with Crippen molar-refractivity contribution in [1.29, 1.82) is 0 Å². The van der Waals surface area contributed by atoms with E-state index in [0.717, 1.165) is 103 Å². The first-order valence-electron chi connectivity index (χ1n) is 38.5. The Hall–Kier alpha value is -3.07. The molecule has 0 aliphatic carbocycles. The molecule has 0 aliphatic heterocycles. The number of nitrogens with zero attached hydrogens (tertiary/aromatic N) is 1. The van der Waals surface area contributed by atoms with Crippen molar-refractivity contribution in [2.24, 2.45) is 0 Å². The van der Waals surface area contributed by atoms with Crippen LogP contribution in [0.15, 0.2) is 97.2 Å². The van der Waals surface area contributed by atoms with E-state index in [9.17, 15) is 19.0 Å². The number of ether oxygens (including phenoxy) is 1. The van der Waals surface area contributed by atoms with Crippen molar-refractivity contribution in [2.45, 2.75) is 367 Å². The minimum Gasteiger partial charge on any atom is -0.756 e. The quantitative estimate of drug-likeness (QED) is 0.0212. The summed E-state index contributed by atoms with van der Waals surface area (Å²) in [5, 5.41) is 3.05. The van der Waals surface area contributed by atoms with E-state index in [4.69, 9.17) is 13.8 Å². The Morgan fingerprint density at radius 3 is 1.02 bits per heavy atom. The molecule has 0 aromatic carbocycles. The number of hydrogen-bond donors (Lipinski definition) is 1. The maximum atomic E-state index is 13.6. The van der Waals surface area contributed by atoms with Crippen LogP contribution in [0, 0.1) is 0 Å². The average molecular weight is 1290 g/mol. The van der Waals surface area contributed by atoms with Gasteiger partial charge in [0.1, 0.15) is 19.3 Å². The van der Waals surface area contributed by atoms with Crippen molar-refractivity contribution in [3.8, 4) is 0 Å². The molecule has 0 saturated heterocycles. The summed E-state index contributed by atoms with van der Waals surface area (Å²) >= 11 is 0. The molecule has 0 aromatic heterocycles. The number of unbranched alkanes of at least 4 members (excludes halogenated alkanes) is 40. The third kappa shape index (κ3) is 71.1. The van der Waals surface area contributed by atoms with Crippen LogP contribution in [0.2, 0.25) is 0 Å². The first-order valence-corrected chi connectivity index (χ1v) is 40.0. The fourth-order valence-corrected chi connectivity index (χ4v) is 11.8. The van der Waals surface area contributed by atoms with Gasteiger partial charge in [0.15, 0.2) is 0 Å². The molecule has 0 rings (SSSR count). The average Bonchev–Trinajstić information content (AvgIpc) is 3.73. The summed E-state index contributed by atoms with van der Waals surface area (Å²) in [6.07, 6.45) is 95.3. The second-order valence-electron chi connectivity index (χ2n) is 27.1. The molecule has 0 fully saturated rings. The van der Waals surface area contributed by atoms with E-state index in [-0.39, 0.29) is 24.9 Å². The maximum Gasteiger partial charge on any atom is 0.306 e. The van der Waals surface area contributed by atoms with Gasteiger partial charge in [0, 0.05) is 12.8 Å². The van der Waals surface area contributed by atoms with E-state index in [1.165, 1.54) is 218 Å². The number of carbonyl (C=O) groups is 2. The molecule has 1 N–H and O–H groups in total. The van der Waals surface area contributed by atoms with Gasteiger partial charge in [0.25, 0.3) is 7.82 Å². The molecule has 0 bridgehead atoms. The van der Waals surface area contributed by atoms with Crippen LogP contribution >= 0.6 is 7.82 Å². The van der Waals surface area contributed by atoms with Crippen molar-refractivity contribution in [3.05, 3.63) is 97.2 Å². The Bertz CT molecular complexity index is 1880. The number of esters is 1. The molecular weight excluding hydrogens is 1140 g/mol.